The molecular weight excluding hydrogens is 214 g/mol. The van der Waals surface area contributed by atoms with Gasteiger partial charge in [-0.25, -0.2) is 4.68 Å². The van der Waals surface area contributed by atoms with E-state index in [2.05, 4.69) is 12.0 Å². The van der Waals surface area contributed by atoms with Crippen molar-refractivity contribution < 1.29 is 4.74 Å². The molecule has 1 aromatic heterocycles. The van der Waals surface area contributed by atoms with E-state index in [4.69, 9.17) is 10.5 Å². The molecule has 0 radical (unpaired) electrons. The Hall–Kier alpha value is -1.55. The third-order valence-electron chi connectivity index (χ3n) is 3.33. The molecule has 1 saturated heterocycles. The largest absolute Gasteiger partial charge is 0.399 e. The number of nitrogens with two attached hydrogens (primary N) is 1. The average Bonchev–Trinajstić information content (AvgIpc) is 2.74. The van der Waals surface area contributed by atoms with Gasteiger partial charge in [0.25, 0.3) is 0 Å². The molecule has 90 valence electrons. The second-order valence-electron chi connectivity index (χ2n) is 4.69. The summed E-state index contributed by atoms with van der Waals surface area (Å²) >= 11 is 0. The van der Waals surface area contributed by atoms with E-state index < -0.39 is 0 Å². The average molecular weight is 231 g/mol. The molecule has 17 heavy (non-hydrogen) atoms. The Morgan fingerprint density at radius 3 is 3.06 bits per heavy atom. The Labute approximate surface area is 100 Å². The fraction of sp³-hybridized carbons (Fsp3) is 0.462. The number of nitrogen functional groups attached to an aromatic ring is 1. The maximum absolute atomic E-state index is 5.84. The van der Waals surface area contributed by atoms with Crippen molar-refractivity contribution in [2.75, 3.05) is 12.3 Å². The number of benzene rings is 1. The summed E-state index contributed by atoms with van der Waals surface area (Å²) in [5, 5.41) is 5.55. The van der Waals surface area contributed by atoms with Crippen LogP contribution in [0.1, 0.15) is 31.1 Å². The fourth-order valence-corrected chi connectivity index (χ4v) is 2.56. The molecule has 2 heterocycles. The standard InChI is InChI=1S/C13H17N3O/c1-9-6-11(14)7-10-8-15-16(13(9)10)12-4-2-3-5-17-12/h6-8,12H,2-5,14H2,1H3. The van der Waals surface area contributed by atoms with Gasteiger partial charge in [0.05, 0.1) is 11.7 Å². The molecule has 1 aliphatic heterocycles. The van der Waals surface area contributed by atoms with Crippen molar-refractivity contribution in [3.63, 3.8) is 0 Å². The van der Waals surface area contributed by atoms with Gasteiger partial charge in [0.1, 0.15) is 0 Å². The Morgan fingerprint density at radius 2 is 2.29 bits per heavy atom. The molecule has 0 bridgehead atoms. The predicted octanol–water partition coefficient (Wildman–Crippen LogP) is 2.63. The summed E-state index contributed by atoms with van der Waals surface area (Å²) in [6.07, 6.45) is 5.36. The van der Waals surface area contributed by atoms with E-state index in [1.165, 1.54) is 6.42 Å². The highest BCUT2D eigenvalue weighted by atomic mass is 16.5. The zero-order chi connectivity index (χ0) is 11.8. The summed E-state index contributed by atoms with van der Waals surface area (Å²) in [6.45, 7) is 2.90. The van der Waals surface area contributed by atoms with Crippen LogP contribution in [-0.2, 0) is 4.74 Å². The van der Waals surface area contributed by atoms with Crippen molar-refractivity contribution in [1.29, 1.82) is 0 Å². The molecule has 4 heteroatoms. The minimum Gasteiger partial charge on any atom is -0.399 e. The molecule has 0 aliphatic carbocycles. The summed E-state index contributed by atoms with van der Waals surface area (Å²) in [4.78, 5) is 0. The fourth-order valence-electron chi connectivity index (χ4n) is 2.56. The Bertz CT molecular complexity index is 541. The van der Waals surface area contributed by atoms with Crippen LogP contribution in [0.3, 0.4) is 0 Å². The van der Waals surface area contributed by atoms with Crippen molar-refractivity contribution in [1.82, 2.24) is 9.78 Å². The van der Waals surface area contributed by atoms with Gasteiger partial charge < -0.3 is 10.5 Å². The maximum atomic E-state index is 5.84. The second kappa shape index (κ2) is 4.04. The van der Waals surface area contributed by atoms with Crippen molar-refractivity contribution in [2.45, 2.75) is 32.4 Å². The van der Waals surface area contributed by atoms with Gasteiger partial charge in [0.2, 0.25) is 0 Å². The SMILES string of the molecule is Cc1cc(N)cc2cnn(C3CCCCO3)c12. The topological polar surface area (TPSA) is 53.1 Å². The van der Waals surface area contributed by atoms with Gasteiger partial charge in [-0.05, 0) is 43.9 Å². The molecule has 2 N–H and O–H groups in total. The first-order valence-electron chi connectivity index (χ1n) is 6.10. The molecule has 1 aromatic carbocycles. The molecule has 4 nitrogen and oxygen atoms in total. The molecule has 3 rings (SSSR count). The van der Waals surface area contributed by atoms with Crippen LogP contribution < -0.4 is 5.73 Å². The lowest BCUT2D eigenvalue weighted by Gasteiger charge is -2.23. The van der Waals surface area contributed by atoms with Crippen molar-refractivity contribution in [3.8, 4) is 0 Å². The number of nitrogens with zero attached hydrogens (tertiary/aromatic N) is 2. The summed E-state index contributed by atoms with van der Waals surface area (Å²) in [7, 11) is 0. The van der Waals surface area contributed by atoms with Gasteiger partial charge in [-0.15, -0.1) is 0 Å². The first kappa shape index (κ1) is 10.6. The van der Waals surface area contributed by atoms with E-state index in [1.807, 2.05) is 23.0 Å². The molecule has 1 atom stereocenters. The molecule has 0 spiro atoms. The summed E-state index contributed by atoms with van der Waals surface area (Å²) in [5.74, 6) is 0. The molecule has 1 fully saturated rings. The number of anilines is 1. The number of rotatable bonds is 1. The monoisotopic (exact) mass is 231 g/mol. The van der Waals surface area contributed by atoms with Gasteiger partial charge in [-0.1, -0.05) is 0 Å². The number of aromatic nitrogens is 2. The second-order valence-corrected chi connectivity index (χ2v) is 4.69. The first-order valence-corrected chi connectivity index (χ1v) is 6.10. The van der Waals surface area contributed by atoms with E-state index in [-0.39, 0.29) is 6.23 Å². The van der Waals surface area contributed by atoms with E-state index in [0.29, 0.717) is 0 Å². The predicted molar refractivity (Wildman–Crippen MR) is 67.7 cm³/mol. The highest BCUT2D eigenvalue weighted by Gasteiger charge is 2.19. The van der Waals surface area contributed by atoms with Crippen molar-refractivity contribution >= 4 is 16.6 Å². The van der Waals surface area contributed by atoms with Gasteiger partial charge in [-0.3, -0.25) is 0 Å². The van der Waals surface area contributed by atoms with Crippen LogP contribution in [0, 0.1) is 6.92 Å². The van der Waals surface area contributed by atoms with Gasteiger partial charge in [0.15, 0.2) is 6.23 Å². The highest BCUT2D eigenvalue weighted by Crippen LogP contribution is 2.28. The first-order chi connectivity index (χ1) is 8.25. The van der Waals surface area contributed by atoms with E-state index in [0.717, 1.165) is 41.6 Å². The summed E-state index contributed by atoms with van der Waals surface area (Å²) in [6, 6.07) is 3.96. The maximum Gasteiger partial charge on any atom is 0.150 e. The smallest absolute Gasteiger partial charge is 0.150 e. The minimum atomic E-state index is 0.0866. The Kier molecular flexibility index (Phi) is 2.52. The molecular formula is C13H17N3O. The Balaban J connectivity index is 2.10. The lowest BCUT2D eigenvalue weighted by molar-refractivity contribution is -0.0367. The lowest BCUT2D eigenvalue weighted by atomic mass is 10.1. The van der Waals surface area contributed by atoms with Crippen LogP contribution in [0.15, 0.2) is 18.3 Å². The number of fused-ring (bicyclic) bond motifs is 1. The molecule has 1 unspecified atom stereocenters. The lowest BCUT2D eigenvalue weighted by Crippen LogP contribution is -2.19. The number of hydrogen-bond donors (Lipinski definition) is 1. The number of hydrogen-bond acceptors (Lipinski definition) is 3. The number of ether oxygens (including phenoxy) is 1. The van der Waals surface area contributed by atoms with E-state index in [9.17, 15) is 0 Å². The van der Waals surface area contributed by atoms with E-state index in [1.54, 1.807) is 0 Å². The van der Waals surface area contributed by atoms with E-state index >= 15 is 0 Å². The quantitative estimate of drug-likeness (QED) is 0.767. The third-order valence-corrected chi connectivity index (χ3v) is 3.33. The zero-order valence-corrected chi connectivity index (χ0v) is 10.0. The Morgan fingerprint density at radius 1 is 1.41 bits per heavy atom. The highest BCUT2D eigenvalue weighted by molar-refractivity contribution is 5.85. The normalized spacial score (nSPS) is 20.9. The summed E-state index contributed by atoms with van der Waals surface area (Å²) < 4.78 is 7.79. The van der Waals surface area contributed by atoms with Crippen LogP contribution in [0.4, 0.5) is 5.69 Å². The summed E-state index contributed by atoms with van der Waals surface area (Å²) in [5.41, 5.74) is 8.94. The third kappa shape index (κ3) is 1.78. The van der Waals surface area contributed by atoms with Gasteiger partial charge in [0, 0.05) is 17.7 Å². The zero-order valence-electron chi connectivity index (χ0n) is 10.0. The van der Waals surface area contributed by atoms with Gasteiger partial charge in [-0.2, -0.15) is 5.10 Å². The van der Waals surface area contributed by atoms with Gasteiger partial charge >= 0.3 is 0 Å². The number of aryl methyl sites for hydroxylation is 1. The van der Waals surface area contributed by atoms with Crippen LogP contribution >= 0.6 is 0 Å². The van der Waals surface area contributed by atoms with Crippen molar-refractivity contribution in [3.05, 3.63) is 23.9 Å². The van der Waals surface area contributed by atoms with Crippen LogP contribution in [0.2, 0.25) is 0 Å². The van der Waals surface area contributed by atoms with Crippen LogP contribution in [0.5, 0.6) is 0 Å². The molecule has 2 aromatic rings. The molecule has 0 saturated carbocycles. The van der Waals surface area contributed by atoms with Crippen LogP contribution in [-0.4, -0.2) is 16.4 Å². The van der Waals surface area contributed by atoms with Crippen molar-refractivity contribution in [2.24, 2.45) is 0 Å². The van der Waals surface area contributed by atoms with Crippen LogP contribution in [0.25, 0.3) is 10.9 Å². The molecule has 0 amide bonds. The minimum absolute atomic E-state index is 0.0866. The molecule has 1 aliphatic rings.